The molecule has 0 bridgehead atoms. The third-order valence-corrected chi connectivity index (χ3v) is 6.84. The summed E-state index contributed by atoms with van der Waals surface area (Å²) in [7, 11) is 0. The molecular weight excluding hydrogens is 400 g/mol. The average Bonchev–Trinajstić information content (AvgIpc) is 3.33. The summed E-state index contributed by atoms with van der Waals surface area (Å²) in [5.74, 6) is 1.30. The highest BCUT2D eigenvalue weighted by molar-refractivity contribution is 5.80. The molecule has 0 radical (unpaired) electrons. The molecule has 1 aromatic heterocycles. The van der Waals surface area contributed by atoms with Crippen LogP contribution in [0.5, 0.6) is 0 Å². The van der Waals surface area contributed by atoms with Crippen LogP contribution in [0.1, 0.15) is 65.5 Å². The van der Waals surface area contributed by atoms with Gasteiger partial charge in [-0.3, -0.25) is 9.59 Å². The van der Waals surface area contributed by atoms with Crippen LogP contribution in [0, 0.1) is 20.8 Å². The van der Waals surface area contributed by atoms with Crippen molar-refractivity contribution in [3.05, 3.63) is 58.2 Å². The van der Waals surface area contributed by atoms with Gasteiger partial charge in [0.1, 0.15) is 5.82 Å². The monoisotopic (exact) mass is 434 g/mol. The highest BCUT2D eigenvalue weighted by Crippen LogP contribution is 2.27. The molecule has 170 valence electrons. The molecule has 0 N–H and O–H groups in total. The van der Waals surface area contributed by atoms with Gasteiger partial charge in [0.05, 0.1) is 12.8 Å². The number of likely N-dealkylation sites (tertiary alicyclic amines) is 2. The summed E-state index contributed by atoms with van der Waals surface area (Å²) in [5.41, 5.74) is 4.99. The Kier molecular flexibility index (Phi) is 6.87. The Hall–Kier alpha value is -2.76. The zero-order valence-electron chi connectivity index (χ0n) is 19.6. The van der Waals surface area contributed by atoms with Crippen molar-refractivity contribution in [1.82, 2.24) is 19.8 Å². The molecule has 2 aromatic rings. The van der Waals surface area contributed by atoms with E-state index in [1.807, 2.05) is 35.8 Å². The summed E-state index contributed by atoms with van der Waals surface area (Å²) in [4.78, 5) is 39.1. The fourth-order valence-corrected chi connectivity index (χ4v) is 4.84. The molecule has 0 aliphatic carbocycles. The second kappa shape index (κ2) is 9.80. The minimum Gasteiger partial charge on any atom is -0.342 e. The molecule has 32 heavy (non-hydrogen) atoms. The zero-order chi connectivity index (χ0) is 22.7. The second-order valence-corrected chi connectivity index (χ2v) is 9.34. The number of hydrogen-bond donors (Lipinski definition) is 0. The molecule has 1 atom stereocenters. The predicted octanol–water partition coefficient (Wildman–Crippen LogP) is 3.52. The molecule has 1 aromatic carbocycles. The van der Waals surface area contributed by atoms with Gasteiger partial charge < -0.3 is 9.80 Å². The zero-order valence-corrected chi connectivity index (χ0v) is 19.6. The Labute approximate surface area is 191 Å². The Morgan fingerprint density at radius 3 is 2.09 bits per heavy atom. The van der Waals surface area contributed by atoms with Gasteiger partial charge in [-0.15, -0.1) is 0 Å². The number of hydrogen-bond acceptors (Lipinski definition) is 4. The molecule has 1 unspecified atom stereocenters. The van der Waals surface area contributed by atoms with Gasteiger partial charge in [-0.1, -0.05) is 29.8 Å². The molecule has 2 aliphatic rings. The van der Waals surface area contributed by atoms with E-state index in [0.29, 0.717) is 19.4 Å². The van der Waals surface area contributed by atoms with Gasteiger partial charge in [-0.25, -0.2) is 9.97 Å². The second-order valence-electron chi connectivity index (χ2n) is 9.34. The molecule has 0 spiro atoms. The van der Waals surface area contributed by atoms with Crippen molar-refractivity contribution in [3.63, 3.8) is 0 Å². The van der Waals surface area contributed by atoms with Gasteiger partial charge >= 0.3 is 0 Å². The molecule has 4 rings (SSSR count). The average molecular weight is 435 g/mol. The summed E-state index contributed by atoms with van der Waals surface area (Å²) in [6.45, 7) is 9.20. The Morgan fingerprint density at radius 2 is 1.44 bits per heavy atom. The number of nitrogens with zero attached hydrogens (tertiary/aromatic N) is 4. The van der Waals surface area contributed by atoms with Crippen LogP contribution in [0.3, 0.4) is 0 Å². The lowest BCUT2D eigenvalue weighted by atomic mass is 9.95. The molecule has 3 heterocycles. The molecule has 0 saturated carbocycles. The van der Waals surface area contributed by atoms with E-state index in [4.69, 9.17) is 9.97 Å². The summed E-state index contributed by atoms with van der Waals surface area (Å²) >= 11 is 0. The number of aryl methyl sites for hydroxylation is 3. The van der Waals surface area contributed by atoms with Crippen molar-refractivity contribution in [2.45, 2.75) is 65.2 Å². The van der Waals surface area contributed by atoms with E-state index in [2.05, 4.69) is 19.1 Å². The quantitative estimate of drug-likeness (QED) is 0.722. The smallest absolute Gasteiger partial charge is 0.227 e. The normalized spacial score (nSPS) is 18.8. The lowest BCUT2D eigenvalue weighted by molar-refractivity contribution is -0.132. The first kappa shape index (κ1) is 22.4. The van der Waals surface area contributed by atoms with Gasteiger partial charge in [-0.05, 0) is 52.0 Å². The molecule has 6 heteroatoms. The lowest BCUT2D eigenvalue weighted by Gasteiger charge is -2.32. The SMILES string of the molecule is Cc1ccc(CC(=O)N2CCCC(c3nc(C)c(CC(=O)N4CCCC4)c(C)n3)C2)cc1. The first-order chi connectivity index (χ1) is 15.4. The van der Waals surface area contributed by atoms with Crippen molar-refractivity contribution in [2.24, 2.45) is 0 Å². The largest absolute Gasteiger partial charge is 0.342 e. The number of carbonyl (C=O) groups excluding carboxylic acids is 2. The van der Waals surface area contributed by atoms with E-state index in [1.165, 1.54) is 5.56 Å². The van der Waals surface area contributed by atoms with Gasteiger partial charge in [0.25, 0.3) is 0 Å². The van der Waals surface area contributed by atoms with Gasteiger partial charge in [-0.2, -0.15) is 0 Å². The third kappa shape index (κ3) is 5.17. The number of aromatic nitrogens is 2. The minimum atomic E-state index is 0.145. The molecule has 6 nitrogen and oxygen atoms in total. The Bertz CT molecular complexity index is 957. The Balaban J connectivity index is 1.42. The first-order valence-corrected chi connectivity index (χ1v) is 11.9. The van der Waals surface area contributed by atoms with Crippen LogP contribution in [0.4, 0.5) is 0 Å². The van der Waals surface area contributed by atoms with Gasteiger partial charge in [0.2, 0.25) is 11.8 Å². The van der Waals surface area contributed by atoms with Crippen molar-refractivity contribution in [3.8, 4) is 0 Å². The van der Waals surface area contributed by atoms with E-state index >= 15 is 0 Å². The third-order valence-electron chi connectivity index (χ3n) is 6.84. The van der Waals surface area contributed by atoms with E-state index in [-0.39, 0.29) is 17.7 Å². The summed E-state index contributed by atoms with van der Waals surface area (Å²) in [6.07, 6.45) is 4.95. The predicted molar refractivity (Wildman–Crippen MR) is 124 cm³/mol. The molecule has 2 amide bonds. The van der Waals surface area contributed by atoms with Crippen LogP contribution in [0.25, 0.3) is 0 Å². The van der Waals surface area contributed by atoms with E-state index in [0.717, 1.165) is 73.7 Å². The molecule has 2 aliphatic heterocycles. The minimum absolute atomic E-state index is 0.145. The fourth-order valence-electron chi connectivity index (χ4n) is 4.84. The molecule has 2 saturated heterocycles. The summed E-state index contributed by atoms with van der Waals surface area (Å²) < 4.78 is 0. The maximum atomic E-state index is 12.9. The molecule has 2 fully saturated rings. The van der Waals surface area contributed by atoms with Crippen LogP contribution in [0.2, 0.25) is 0 Å². The van der Waals surface area contributed by atoms with Gasteiger partial charge in [0, 0.05) is 49.0 Å². The highest BCUT2D eigenvalue weighted by atomic mass is 16.2. The van der Waals surface area contributed by atoms with Crippen LogP contribution in [-0.2, 0) is 22.4 Å². The summed E-state index contributed by atoms with van der Waals surface area (Å²) in [5, 5.41) is 0. The van der Waals surface area contributed by atoms with Crippen LogP contribution < -0.4 is 0 Å². The van der Waals surface area contributed by atoms with Crippen molar-refractivity contribution in [1.29, 1.82) is 0 Å². The van der Waals surface area contributed by atoms with Crippen LogP contribution in [0.15, 0.2) is 24.3 Å². The van der Waals surface area contributed by atoms with Crippen LogP contribution >= 0.6 is 0 Å². The van der Waals surface area contributed by atoms with Crippen molar-refractivity contribution < 1.29 is 9.59 Å². The van der Waals surface area contributed by atoms with E-state index in [1.54, 1.807) is 0 Å². The molecular formula is C26H34N4O2. The van der Waals surface area contributed by atoms with E-state index in [9.17, 15) is 9.59 Å². The Morgan fingerprint density at radius 1 is 0.844 bits per heavy atom. The number of piperidine rings is 1. The van der Waals surface area contributed by atoms with Crippen molar-refractivity contribution >= 4 is 11.8 Å². The van der Waals surface area contributed by atoms with E-state index < -0.39 is 0 Å². The number of benzene rings is 1. The first-order valence-electron chi connectivity index (χ1n) is 11.9. The topological polar surface area (TPSA) is 66.4 Å². The number of carbonyl (C=O) groups is 2. The van der Waals surface area contributed by atoms with Gasteiger partial charge in [0.15, 0.2) is 0 Å². The standard InChI is InChI=1S/C26H34N4O2/c1-18-8-10-21(11-9-18)15-24(31)30-14-6-7-22(17-30)26-27-19(2)23(20(3)28-26)16-25(32)29-12-4-5-13-29/h8-11,22H,4-7,12-17H2,1-3H3. The highest BCUT2D eigenvalue weighted by Gasteiger charge is 2.28. The summed E-state index contributed by atoms with van der Waals surface area (Å²) in [6, 6.07) is 8.17. The maximum Gasteiger partial charge on any atom is 0.227 e. The van der Waals surface area contributed by atoms with Crippen molar-refractivity contribution in [2.75, 3.05) is 26.2 Å². The maximum absolute atomic E-state index is 12.9. The lowest BCUT2D eigenvalue weighted by Crippen LogP contribution is -2.40. The number of rotatable bonds is 5. The number of amides is 2. The van der Waals surface area contributed by atoms with Crippen LogP contribution in [-0.4, -0.2) is 57.8 Å². The fraction of sp³-hybridized carbons (Fsp3) is 0.538.